The molecular weight excluding hydrogens is 449 g/mol. The van der Waals surface area contributed by atoms with E-state index >= 15 is 0 Å². The van der Waals surface area contributed by atoms with E-state index in [-0.39, 0.29) is 12.4 Å². The van der Waals surface area contributed by atoms with Crippen LogP contribution in [0.3, 0.4) is 0 Å². The molecule has 4 aromatic rings. The summed E-state index contributed by atoms with van der Waals surface area (Å²) in [6.07, 6.45) is 4.47. The molecule has 0 bridgehead atoms. The first-order chi connectivity index (χ1) is 17.1. The van der Waals surface area contributed by atoms with Gasteiger partial charge in [-0.1, -0.05) is 24.3 Å². The topological polar surface area (TPSA) is 89.9 Å². The van der Waals surface area contributed by atoms with Crippen LogP contribution >= 0.6 is 0 Å². The van der Waals surface area contributed by atoms with Crippen LogP contribution in [0.25, 0.3) is 0 Å². The van der Waals surface area contributed by atoms with Crippen LogP contribution in [0, 0.1) is 5.82 Å². The van der Waals surface area contributed by atoms with Crippen LogP contribution in [-0.4, -0.2) is 23.1 Å². The molecule has 0 atom stereocenters. The number of halogens is 1. The molecule has 174 valence electrons. The smallest absolute Gasteiger partial charge is 0.345 e. The Morgan fingerprint density at radius 2 is 1.71 bits per heavy atom. The summed E-state index contributed by atoms with van der Waals surface area (Å²) in [4.78, 5) is 28.6. The number of carbonyl (C=O) groups excluding carboxylic acids is 2. The lowest BCUT2D eigenvalue weighted by Crippen LogP contribution is -2.18. The lowest BCUT2D eigenvalue weighted by Gasteiger charge is -2.10. The predicted molar refractivity (Wildman–Crippen MR) is 128 cm³/mol. The molecule has 0 saturated heterocycles. The van der Waals surface area contributed by atoms with Gasteiger partial charge in [0, 0.05) is 12.4 Å². The van der Waals surface area contributed by atoms with Gasteiger partial charge in [0.05, 0.1) is 17.3 Å². The Kier molecular flexibility index (Phi) is 7.55. The summed E-state index contributed by atoms with van der Waals surface area (Å²) < 4.78 is 24.1. The van der Waals surface area contributed by atoms with Crippen molar-refractivity contribution < 1.29 is 23.5 Å². The SMILES string of the molecule is O=C(Oc1ccc(C=NNC(=O)c2ccccc2OCc2ccc(F)cc2)cc1)c1cccnc1. The van der Waals surface area contributed by atoms with Gasteiger partial charge in [0.15, 0.2) is 0 Å². The third kappa shape index (κ3) is 6.58. The molecular formula is C27H20FN3O4. The molecule has 0 saturated carbocycles. The number of ether oxygens (including phenoxy) is 2. The van der Waals surface area contributed by atoms with Crippen molar-refractivity contribution >= 4 is 18.1 Å². The van der Waals surface area contributed by atoms with E-state index in [2.05, 4.69) is 15.5 Å². The summed E-state index contributed by atoms with van der Waals surface area (Å²) in [5, 5.41) is 3.99. The zero-order valence-electron chi connectivity index (χ0n) is 18.4. The number of hydrogen-bond donors (Lipinski definition) is 1. The van der Waals surface area contributed by atoms with Crippen molar-refractivity contribution in [1.29, 1.82) is 0 Å². The Bertz CT molecular complexity index is 1320. The summed E-state index contributed by atoms with van der Waals surface area (Å²) in [7, 11) is 0. The number of pyridine rings is 1. The van der Waals surface area contributed by atoms with Crippen molar-refractivity contribution in [3.63, 3.8) is 0 Å². The lowest BCUT2D eigenvalue weighted by molar-refractivity contribution is 0.0734. The monoisotopic (exact) mass is 469 g/mol. The van der Waals surface area contributed by atoms with E-state index in [1.165, 1.54) is 24.5 Å². The number of para-hydroxylation sites is 1. The highest BCUT2D eigenvalue weighted by Crippen LogP contribution is 2.19. The van der Waals surface area contributed by atoms with Crippen LogP contribution in [0.15, 0.2) is 102 Å². The molecule has 1 amide bonds. The van der Waals surface area contributed by atoms with Gasteiger partial charge in [-0.15, -0.1) is 0 Å². The number of nitrogens with one attached hydrogen (secondary N) is 1. The number of rotatable bonds is 8. The van der Waals surface area contributed by atoms with Crippen LogP contribution in [-0.2, 0) is 6.61 Å². The molecule has 0 aliphatic carbocycles. The maximum Gasteiger partial charge on any atom is 0.345 e. The van der Waals surface area contributed by atoms with Gasteiger partial charge in [-0.3, -0.25) is 9.78 Å². The van der Waals surface area contributed by atoms with Crippen molar-refractivity contribution in [3.8, 4) is 11.5 Å². The van der Waals surface area contributed by atoms with Gasteiger partial charge in [0.25, 0.3) is 5.91 Å². The Balaban J connectivity index is 1.33. The molecule has 7 nitrogen and oxygen atoms in total. The molecule has 1 N–H and O–H groups in total. The van der Waals surface area contributed by atoms with Gasteiger partial charge in [0.1, 0.15) is 23.9 Å². The predicted octanol–water partition coefficient (Wildman–Crippen LogP) is 4.78. The molecule has 1 aromatic heterocycles. The van der Waals surface area contributed by atoms with Gasteiger partial charge < -0.3 is 9.47 Å². The summed E-state index contributed by atoms with van der Waals surface area (Å²) in [6.45, 7) is 0.186. The van der Waals surface area contributed by atoms with E-state index in [0.717, 1.165) is 5.56 Å². The molecule has 8 heteroatoms. The van der Waals surface area contributed by atoms with Gasteiger partial charge >= 0.3 is 5.97 Å². The van der Waals surface area contributed by atoms with Crippen molar-refractivity contribution in [2.24, 2.45) is 5.10 Å². The standard InChI is InChI=1S/C27H20FN3O4/c28-22-11-7-20(8-12-22)18-34-25-6-2-1-5-24(25)26(32)31-30-16-19-9-13-23(14-10-19)35-27(33)21-4-3-15-29-17-21/h1-17H,18H2,(H,31,32). The van der Waals surface area contributed by atoms with Crippen LogP contribution in [0.5, 0.6) is 11.5 Å². The van der Waals surface area contributed by atoms with Crippen molar-refractivity contribution in [2.75, 3.05) is 0 Å². The highest BCUT2D eigenvalue weighted by molar-refractivity contribution is 5.97. The third-order valence-corrected chi connectivity index (χ3v) is 4.81. The maximum absolute atomic E-state index is 13.1. The molecule has 4 rings (SSSR count). The largest absolute Gasteiger partial charge is 0.488 e. The lowest BCUT2D eigenvalue weighted by atomic mass is 10.2. The molecule has 0 radical (unpaired) electrons. The minimum absolute atomic E-state index is 0.186. The number of aromatic nitrogens is 1. The summed E-state index contributed by atoms with van der Waals surface area (Å²) in [6, 6.07) is 22.6. The average Bonchev–Trinajstić information content (AvgIpc) is 2.90. The number of hydrazone groups is 1. The summed E-state index contributed by atoms with van der Waals surface area (Å²) in [5.41, 5.74) is 4.59. The first-order valence-corrected chi connectivity index (χ1v) is 10.6. The zero-order chi connectivity index (χ0) is 24.5. The fourth-order valence-electron chi connectivity index (χ4n) is 3.02. The molecule has 0 spiro atoms. The van der Waals surface area contributed by atoms with Crippen molar-refractivity contribution in [1.82, 2.24) is 10.4 Å². The molecule has 0 aliphatic heterocycles. The van der Waals surface area contributed by atoms with E-state index in [0.29, 0.717) is 28.2 Å². The van der Waals surface area contributed by atoms with E-state index in [1.54, 1.807) is 79.0 Å². The number of amides is 1. The summed E-state index contributed by atoms with van der Waals surface area (Å²) >= 11 is 0. The molecule has 3 aromatic carbocycles. The highest BCUT2D eigenvalue weighted by Gasteiger charge is 2.12. The van der Waals surface area contributed by atoms with Gasteiger partial charge in [-0.2, -0.15) is 5.10 Å². The Labute approximate surface area is 200 Å². The average molecular weight is 469 g/mol. The van der Waals surface area contributed by atoms with E-state index < -0.39 is 11.9 Å². The van der Waals surface area contributed by atoms with Crippen LogP contribution in [0.2, 0.25) is 0 Å². The van der Waals surface area contributed by atoms with E-state index in [4.69, 9.17) is 9.47 Å². The molecule has 0 fully saturated rings. The fraction of sp³-hybridized carbons (Fsp3) is 0.0370. The Morgan fingerprint density at radius 3 is 2.46 bits per heavy atom. The van der Waals surface area contributed by atoms with Crippen LogP contribution in [0.1, 0.15) is 31.8 Å². The normalized spacial score (nSPS) is 10.7. The fourth-order valence-corrected chi connectivity index (χ4v) is 3.02. The van der Waals surface area contributed by atoms with Gasteiger partial charge in [-0.25, -0.2) is 14.6 Å². The molecule has 1 heterocycles. The van der Waals surface area contributed by atoms with Crippen LogP contribution in [0.4, 0.5) is 4.39 Å². The number of benzene rings is 3. The van der Waals surface area contributed by atoms with Crippen LogP contribution < -0.4 is 14.9 Å². The number of hydrogen-bond acceptors (Lipinski definition) is 6. The number of carbonyl (C=O) groups is 2. The quantitative estimate of drug-likeness (QED) is 0.174. The van der Waals surface area contributed by atoms with Gasteiger partial charge in [0.2, 0.25) is 0 Å². The number of nitrogens with zero attached hydrogens (tertiary/aromatic N) is 2. The Morgan fingerprint density at radius 1 is 0.943 bits per heavy atom. The first kappa shape index (κ1) is 23.3. The second kappa shape index (κ2) is 11.3. The van der Waals surface area contributed by atoms with Crippen molar-refractivity contribution in [2.45, 2.75) is 6.61 Å². The minimum Gasteiger partial charge on any atom is -0.488 e. The Hall–Kier alpha value is -4.85. The van der Waals surface area contributed by atoms with Gasteiger partial charge in [-0.05, 0) is 71.8 Å². The summed E-state index contributed by atoms with van der Waals surface area (Å²) in [5.74, 6) is -0.534. The highest BCUT2D eigenvalue weighted by atomic mass is 19.1. The second-order valence-electron chi connectivity index (χ2n) is 7.31. The second-order valence-corrected chi connectivity index (χ2v) is 7.31. The molecule has 0 unspecified atom stereocenters. The minimum atomic E-state index is -0.507. The zero-order valence-corrected chi connectivity index (χ0v) is 18.4. The molecule has 35 heavy (non-hydrogen) atoms. The third-order valence-electron chi connectivity index (χ3n) is 4.81. The van der Waals surface area contributed by atoms with E-state index in [9.17, 15) is 14.0 Å². The number of esters is 1. The maximum atomic E-state index is 13.1. The first-order valence-electron chi connectivity index (χ1n) is 10.6. The molecule has 0 aliphatic rings. The van der Waals surface area contributed by atoms with E-state index in [1.807, 2.05) is 0 Å². The van der Waals surface area contributed by atoms with Crippen molar-refractivity contribution in [3.05, 3.63) is 125 Å².